The lowest BCUT2D eigenvalue weighted by atomic mass is 10.0. The molecule has 7 heteroatoms. The molecule has 5 rings (SSSR count). The molecule has 0 radical (unpaired) electrons. The lowest BCUT2D eigenvalue weighted by Crippen LogP contribution is -3.00. The second-order valence-electron chi connectivity index (χ2n) is 7.80. The van der Waals surface area contributed by atoms with Gasteiger partial charge in [-0.05, 0) is 29.8 Å². The minimum Gasteiger partial charge on any atom is -1.00 e. The maximum atomic E-state index is 10.9. The van der Waals surface area contributed by atoms with Crippen LogP contribution in [0.25, 0.3) is 11.0 Å². The molecular formula is C26H22BrN3O3. The van der Waals surface area contributed by atoms with E-state index in [1.165, 1.54) is 0 Å². The number of para-hydroxylation sites is 1. The fourth-order valence-corrected chi connectivity index (χ4v) is 4.11. The van der Waals surface area contributed by atoms with Crippen molar-refractivity contribution in [1.29, 1.82) is 0 Å². The van der Waals surface area contributed by atoms with Crippen LogP contribution in [-0.2, 0) is 6.54 Å². The van der Waals surface area contributed by atoms with E-state index in [2.05, 4.69) is 46.5 Å². The standard InChI is InChI=1S/C26H22N3O3.BrH/c1-19-27(18-20-11-13-23(14-12-20)29(30)31)15-16-28(19)26(21-7-3-2-4-8-21)25-17-22-9-5-6-10-24(22)32-25;/h2-17,26H,18H2,1H3;1H/q+1;/p-1. The highest BCUT2D eigenvalue weighted by Crippen LogP contribution is 2.32. The van der Waals surface area contributed by atoms with Crippen LogP contribution in [-0.4, -0.2) is 9.49 Å². The summed E-state index contributed by atoms with van der Waals surface area (Å²) in [6.07, 6.45) is 4.10. The number of nitrogens with zero attached hydrogens (tertiary/aromatic N) is 3. The van der Waals surface area contributed by atoms with Gasteiger partial charge in [0.25, 0.3) is 11.5 Å². The van der Waals surface area contributed by atoms with E-state index in [4.69, 9.17) is 4.42 Å². The van der Waals surface area contributed by atoms with E-state index in [9.17, 15) is 10.1 Å². The quantitative estimate of drug-likeness (QED) is 0.203. The smallest absolute Gasteiger partial charge is 0.269 e. The number of hydrogen-bond acceptors (Lipinski definition) is 3. The molecule has 0 saturated carbocycles. The number of nitro groups is 1. The predicted octanol–water partition coefficient (Wildman–Crippen LogP) is 2.43. The molecule has 0 fully saturated rings. The van der Waals surface area contributed by atoms with Gasteiger partial charge in [-0.25, -0.2) is 9.13 Å². The first-order chi connectivity index (χ1) is 15.6. The van der Waals surface area contributed by atoms with E-state index < -0.39 is 0 Å². The van der Waals surface area contributed by atoms with Crippen LogP contribution in [0.1, 0.15) is 28.8 Å². The van der Waals surface area contributed by atoms with Crippen LogP contribution < -0.4 is 21.5 Å². The normalized spacial score (nSPS) is 11.8. The molecule has 1 unspecified atom stereocenters. The zero-order chi connectivity index (χ0) is 22.1. The van der Waals surface area contributed by atoms with Gasteiger partial charge in [0.15, 0.2) is 11.8 Å². The number of halogens is 1. The Morgan fingerprint density at radius 1 is 1.00 bits per heavy atom. The number of fused-ring (bicyclic) bond motifs is 1. The first kappa shape index (κ1) is 22.5. The van der Waals surface area contributed by atoms with Crippen molar-refractivity contribution in [2.24, 2.45) is 0 Å². The van der Waals surface area contributed by atoms with Crippen molar-refractivity contribution >= 4 is 16.7 Å². The Hall–Kier alpha value is -3.71. The van der Waals surface area contributed by atoms with Crippen LogP contribution in [0, 0.1) is 17.0 Å². The lowest BCUT2D eigenvalue weighted by molar-refractivity contribution is -0.694. The van der Waals surface area contributed by atoms with Crippen LogP contribution in [0.2, 0.25) is 0 Å². The number of benzene rings is 3. The maximum Gasteiger partial charge on any atom is 0.269 e. The molecule has 0 saturated heterocycles. The summed E-state index contributed by atoms with van der Waals surface area (Å²) in [5.41, 5.74) is 3.10. The van der Waals surface area contributed by atoms with Crippen LogP contribution in [0.3, 0.4) is 0 Å². The van der Waals surface area contributed by atoms with E-state index in [0.717, 1.165) is 33.7 Å². The van der Waals surface area contributed by atoms with Crippen LogP contribution >= 0.6 is 0 Å². The van der Waals surface area contributed by atoms with Gasteiger partial charge in [0.05, 0.1) is 4.92 Å². The molecule has 0 N–H and O–H groups in total. The molecule has 0 bridgehead atoms. The summed E-state index contributed by atoms with van der Waals surface area (Å²) < 4.78 is 10.6. The number of nitro benzene ring substituents is 1. The minimum atomic E-state index is -0.379. The Morgan fingerprint density at radius 2 is 1.70 bits per heavy atom. The molecular weight excluding hydrogens is 482 g/mol. The number of furan rings is 1. The summed E-state index contributed by atoms with van der Waals surface area (Å²) in [7, 11) is 0. The molecule has 0 spiro atoms. The van der Waals surface area contributed by atoms with Crippen LogP contribution in [0.4, 0.5) is 5.69 Å². The molecule has 0 amide bonds. The van der Waals surface area contributed by atoms with Crippen molar-refractivity contribution in [2.75, 3.05) is 0 Å². The van der Waals surface area contributed by atoms with Gasteiger partial charge in [-0.2, -0.15) is 0 Å². The van der Waals surface area contributed by atoms with E-state index in [-0.39, 0.29) is 33.6 Å². The van der Waals surface area contributed by atoms with Gasteiger partial charge in [-0.15, -0.1) is 0 Å². The monoisotopic (exact) mass is 503 g/mol. The number of imidazole rings is 1. The van der Waals surface area contributed by atoms with E-state index in [1.54, 1.807) is 24.3 Å². The number of hydrogen-bond donors (Lipinski definition) is 0. The van der Waals surface area contributed by atoms with Gasteiger partial charge in [0, 0.05) is 30.0 Å². The molecule has 5 aromatic rings. The van der Waals surface area contributed by atoms with E-state index in [0.29, 0.717) is 6.54 Å². The van der Waals surface area contributed by atoms with Gasteiger partial charge in [-0.1, -0.05) is 48.5 Å². The summed E-state index contributed by atoms with van der Waals surface area (Å²) in [5.74, 6) is 1.93. The van der Waals surface area contributed by atoms with Crippen molar-refractivity contribution in [3.63, 3.8) is 0 Å². The molecule has 166 valence electrons. The lowest BCUT2D eigenvalue weighted by Gasteiger charge is -2.13. The molecule has 0 aliphatic carbocycles. The van der Waals surface area contributed by atoms with Crippen LogP contribution in [0.15, 0.2) is 102 Å². The van der Waals surface area contributed by atoms with Gasteiger partial charge in [-0.3, -0.25) is 10.1 Å². The maximum absolute atomic E-state index is 10.9. The van der Waals surface area contributed by atoms with Crippen molar-refractivity contribution in [1.82, 2.24) is 4.57 Å². The Kier molecular flexibility index (Phi) is 6.42. The predicted molar refractivity (Wildman–Crippen MR) is 121 cm³/mol. The summed E-state index contributed by atoms with van der Waals surface area (Å²) >= 11 is 0. The summed E-state index contributed by atoms with van der Waals surface area (Å²) in [4.78, 5) is 10.5. The molecule has 2 aromatic heterocycles. The van der Waals surface area contributed by atoms with E-state index >= 15 is 0 Å². The Balaban J connectivity index is 0.00000259. The highest BCUT2D eigenvalue weighted by atomic mass is 79.9. The fraction of sp³-hybridized carbons (Fsp3) is 0.115. The van der Waals surface area contributed by atoms with Gasteiger partial charge in [0.1, 0.15) is 24.5 Å². The SMILES string of the molecule is Cc1n(C(c2ccccc2)c2cc3ccccc3o2)cc[n+]1Cc1ccc([N+](=O)[O-])cc1.[Br-]. The second-order valence-corrected chi connectivity index (χ2v) is 7.80. The molecule has 6 nitrogen and oxygen atoms in total. The van der Waals surface area contributed by atoms with E-state index in [1.807, 2.05) is 42.6 Å². The molecule has 2 heterocycles. The molecule has 33 heavy (non-hydrogen) atoms. The van der Waals surface area contributed by atoms with Crippen molar-refractivity contribution in [2.45, 2.75) is 19.5 Å². The first-order valence-corrected chi connectivity index (χ1v) is 10.4. The number of aromatic nitrogens is 2. The summed E-state index contributed by atoms with van der Waals surface area (Å²) in [5, 5.41) is 12.0. The van der Waals surface area contributed by atoms with Crippen molar-refractivity contribution in [3.8, 4) is 0 Å². The molecule has 0 aliphatic rings. The van der Waals surface area contributed by atoms with Crippen molar-refractivity contribution in [3.05, 3.63) is 130 Å². The van der Waals surface area contributed by atoms with Gasteiger partial charge < -0.3 is 21.4 Å². The third-order valence-corrected chi connectivity index (χ3v) is 5.80. The third kappa shape index (κ3) is 4.45. The molecule has 3 aromatic carbocycles. The zero-order valence-corrected chi connectivity index (χ0v) is 19.6. The summed E-state index contributed by atoms with van der Waals surface area (Å²) in [6.45, 7) is 2.70. The topological polar surface area (TPSA) is 65.1 Å². The zero-order valence-electron chi connectivity index (χ0n) is 18.0. The third-order valence-electron chi connectivity index (χ3n) is 5.80. The first-order valence-electron chi connectivity index (χ1n) is 10.4. The highest BCUT2D eigenvalue weighted by Gasteiger charge is 2.28. The van der Waals surface area contributed by atoms with Crippen molar-refractivity contribution < 1.29 is 30.9 Å². The average molecular weight is 504 g/mol. The molecule has 1 atom stereocenters. The van der Waals surface area contributed by atoms with Gasteiger partial charge in [0.2, 0.25) is 0 Å². The average Bonchev–Trinajstić information content (AvgIpc) is 3.39. The Bertz CT molecular complexity index is 1360. The molecule has 0 aliphatic heterocycles. The Labute approximate surface area is 201 Å². The number of non-ortho nitro benzene ring substituents is 1. The second kappa shape index (κ2) is 9.42. The Morgan fingerprint density at radius 3 is 2.39 bits per heavy atom. The minimum absolute atomic E-state index is 0. The fourth-order valence-electron chi connectivity index (χ4n) is 4.11. The van der Waals surface area contributed by atoms with Gasteiger partial charge >= 0.3 is 0 Å². The highest BCUT2D eigenvalue weighted by molar-refractivity contribution is 5.78. The largest absolute Gasteiger partial charge is 1.00 e. The summed E-state index contributed by atoms with van der Waals surface area (Å²) in [6, 6.07) is 27.0. The number of rotatable bonds is 6. The van der Waals surface area contributed by atoms with Crippen LogP contribution in [0.5, 0.6) is 0 Å².